The first-order valence-corrected chi connectivity index (χ1v) is 8.73. The van der Waals surface area contributed by atoms with Gasteiger partial charge in [0.2, 0.25) is 0 Å². The molecule has 1 aromatic carbocycles. The molecule has 7 nitrogen and oxygen atoms in total. The van der Waals surface area contributed by atoms with E-state index in [4.69, 9.17) is 9.47 Å². The van der Waals surface area contributed by atoms with Crippen LogP contribution in [0.5, 0.6) is 0 Å². The lowest BCUT2D eigenvalue weighted by Crippen LogP contribution is -2.24. The molecule has 1 heterocycles. The van der Waals surface area contributed by atoms with Gasteiger partial charge in [-0.25, -0.2) is 4.79 Å². The van der Waals surface area contributed by atoms with Crippen LogP contribution >= 0.6 is 0 Å². The number of carbonyl (C=O) groups is 3. The number of benzene rings is 1. The van der Waals surface area contributed by atoms with Gasteiger partial charge in [-0.3, -0.25) is 19.7 Å². The van der Waals surface area contributed by atoms with E-state index in [1.807, 2.05) is 37.3 Å². The average molecular weight is 372 g/mol. The lowest BCUT2D eigenvalue weighted by Gasteiger charge is -2.13. The molecule has 7 heteroatoms. The van der Waals surface area contributed by atoms with Gasteiger partial charge in [-0.1, -0.05) is 32.0 Å². The van der Waals surface area contributed by atoms with E-state index in [0.717, 1.165) is 5.69 Å². The average Bonchev–Trinajstić information content (AvgIpc) is 3.05. The lowest BCUT2D eigenvalue weighted by atomic mass is 9.91. The first-order valence-electron chi connectivity index (χ1n) is 8.73. The van der Waals surface area contributed by atoms with Crippen LogP contribution < -0.4 is 5.43 Å². The number of hydrogen-bond acceptors (Lipinski definition) is 6. The van der Waals surface area contributed by atoms with Crippen molar-refractivity contribution in [3.8, 4) is 0 Å². The van der Waals surface area contributed by atoms with Crippen molar-refractivity contribution in [2.45, 2.75) is 32.6 Å². The Morgan fingerprint density at radius 2 is 1.74 bits per heavy atom. The van der Waals surface area contributed by atoms with Gasteiger partial charge in [-0.2, -0.15) is 0 Å². The van der Waals surface area contributed by atoms with Crippen LogP contribution in [0.4, 0.5) is 5.69 Å². The lowest BCUT2D eigenvalue weighted by molar-refractivity contribution is -0.145. The summed E-state index contributed by atoms with van der Waals surface area (Å²) in [4.78, 5) is 37.3. The van der Waals surface area contributed by atoms with Crippen molar-refractivity contribution in [1.29, 1.82) is 0 Å². The van der Waals surface area contributed by atoms with Gasteiger partial charge in [-0.15, -0.1) is 0 Å². The molecule has 0 aliphatic carbocycles. The first kappa shape index (κ1) is 20.2. The Morgan fingerprint density at radius 3 is 2.26 bits per heavy atom. The summed E-state index contributed by atoms with van der Waals surface area (Å²) in [6, 6.07) is 9.37. The molecule has 0 fully saturated rings. The van der Waals surface area contributed by atoms with E-state index in [1.165, 1.54) is 14.2 Å². The van der Waals surface area contributed by atoms with E-state index in [-0.39, 0.29) is 23.3 Å². The number of esters is 2. The third-order valence-electron chi connectivity index (χ3n) is 4.30. The van der Waals surface area contributed by atoms with Gasteiger partial charge >= 0.3 is 11.9 Å². The number of anilines is 1. The highest BCUT2D eigenvalue weighted by Crippen LogP contribution is 2.29. The summed E-state index contributed by atoms with van der Waals surface area (Å²) in [5.74, 6) is -2.82. The first-order chi connectivity index (χ1) is 13.0. The van der Waals surface area contributed by atoms with Gasteiger partial charge in [0.15, 0.2) is 5.78 Å². The molecule has 0 aliphatic rings. The zero-order valence-corrected chi connectivity index (χ0v) is 15.9. The molecule has 1 N–H and O–H groups in total. The van der Waals surface area contributed by atoms with Gasteiger partial charge in [-0.05, 0) is 18.6 Å². The SMILES string of the molecule is CCC(=O)C(C(=O)OC)c1cn(Nc2ccccc2)c(CC)c1C(=O)OC. The second-order valence-corrected chi connectivity index (χ2v) is 5.88. The van der Waals surface area contributed by atoms with Gasteiger partial charge in [0.1, 0.15) is 5.92 Å². The fourth-order valence-electron chi connectivity index (χ4n) is 2.98. The molecule has 2 aromatic rings. The Morgan fingerprint density at radius 1 is 1.07 bits per heavy atom. The van der Waals surface area contributed by atoms with Crippen molar-refractivity contribution in [2.24, 2.45) is 0 Å². The Labute approximate surface area is 158 Å². The Balaban J connectivity index is 2.65. The molecular formula is C20H24N2O5. The molecule has 1 aromatic heterocycles. The summed E-state index contributed by atoms with van der Waals surface area (Å²) >= 11 is 0. The van der Waals surface area contributed by atoms with Crippen LogP contribution in [0.3, 0.4) is 0 Å². The topological polar surface area (TPSA) is 86.6 Å². The molecule has 144 valence electrons. The van der Waals surface area contributed by atoms with Crippen LogP contribution in [0, 0.1) is 0 Å². The summed E-state index contributed by atoms with van der Waals surface area (Å²) in [6.45, 7) is 3.54. The molecule has 1 unspecified atom stereocenters. The predicted octanol–water partition coefficient (Wildman–Crippen LogP) is 2.95. The number of ether oxygens (including phenoxy) is 2. The molecule has 27 heavy (non-hydrogen) atoms. The van der Waals surface area contributed by atoms with Crippen molar-refractivity contribution >= 4 is 23.4 Å². The second-order valence-electron chi connectivity index (χ2n) is 5.88. The fourth-order valence-corrected chi connectivity index (χ4v) is 2.98. The zero-order valence-electron chi connectivity index (χ0n) is 15.9. The minimum Gasteiger partial charge on any atom is -0.468 e. The molecule has 0 saturated carbocycles. The van der Waals surface area contributed by atoms with Gasteiger partial charge < -0.3 is 9.47 Å². The number of nitrogens with one attached hydrogen (secondary N) is 1. The summed E-state index contributed by atoms with van der Waals surface area (Å²) in [5, 5.41) is 0. The van der Waals surface area contributed by atoms with E-state index in [1.54, 1.807) is 17.8 Å². The number of methoxy groups -OCH3 is 2. The highest BCUT2D eigenvalue weighted by atomic mass is 16.5. The molecule has 0 amide bonds. The smallest absolute Gasteiger partial charge is 0.340 e. The number of aromatic nitrogens is 1. The largest absolute Gasteiger partial charge is 0.468 e. The van der Waals surface area contributed by atoms with Crippen molar-refractivity contribution < 1.29 is 23.9 Å². The maximum atomic E-state index is 12.5. The van der Waals surface area contributed by atoms with Crippen molar-refractivity contribution in [3.05, 3.63) is 53.3 Å². The molecule has 0 radical (unpaired) electrons. The van der Waals surface area contributed by atoms with Crippen molar-refractivity contribution in [3.63, 3.8) is 0 Å². The molecule has 0 spiro atoms. The minimum atomic E-state index is -1.18. The normalized spacial score (nSPS) is 11.6. The van der Waals surface area contributed by atoms with Crippen LogP contribution in [-0.2, 0) is 25.5 Å². The van der Waals surface area contributed by atoms with E-state index < -0.39 is 17.9 Å². The standard InChI is InChI=1S/C20H24N2O5/c1-5-15-17(19(24)26-3)14(18(16(23)6-2)20(25)27-4)12-22(15)21-13-10-8-7-9-11-13/h7-12,18,21H,5-6H2,1-4H3. The van der Waals surface area contributed by atoms with E-state index in [9.17, 15) is 14.4 Å². The Hall–Kier alpha value is -3.09. The summed E-state index contributed by atoms with van der Waals surface area (Å²) in [7, 11) is 2.48. The van der Waals surface area contributed by atoms with Crippen LogP contribution in [0.1, 0.15) is 47.8 Å². The summed E-state index contributed by atoms with van der Waals surface area (Å²) in [5.41, 5.74) is 5.07. The number of nitrogens with zero attached hydrogens (tertiary/aromatic N) is 1. The van der Waals surface area contributed by atoms with E-state index >= 15 is 0 Å². The number of para-hydroxylation sites is 1. The second kappa shape index (κ2) is 9.02. The number of ketones is 1. The summed E-state index contributed by atoms with van der Waals surface area (Å²) < 4.78 is 11.4. The van der Waals surface area contributed by atoms with Crippen LogP contribution in [0.25, 0.3) is 0 Å². The third-order valence-corrected chi connectivity index (χ3v) is 4.30. The Bertz CT molecular complexity index is 810. The van der Waals surface area contributed by atoms with Crippen LogP contribution in [0.2, 0.25) is 0 Å². The molecular weight excluding hydrogens is 348 g/mol. The highest BCUT2D eigenvalue weighted by molar-refractivity contribution is 6.07. The van der Waals surface area contributed by atoms with Gasteiger partial charge in [0, 0.05) is 18.2 Å². The molecule has 0 saturated heterocycles. The highest BCUT2D eigenvalue weighted by Gasteiger charge is 2.35. The van der Waals surface area contributed by atoms with Crippen LogP contribution in [-0.4, -0.2) is 36.6 Å². The third kappa shape index (κ3) is 4.19. The monoisotopic (exact) mass is 372 g/mol. The number of Topliss-reactive ketones (excluding diaryl/α,β-unsaturated/α-hetero) is 1. The number of hydrogen-bond donors (Lipinski definition) is 1. The molecule has 1 atom stereocenters. The zero-order chi connectivity index (χ0) is 20.0. The Kier molecular flexibility index (Phi) is 6.76. The molecule has 0 aliphatic heterocycles. The van der Waals surface area contributed by atoms with E-state index in [2.05, 4.69) is 5.43 Å². The van der Waals surface area contributed by atoms with Crippen LogP contribution in [0.15, 0.2) is 36.5 Å². The van der Waals surface area contributed by atoms with Gasteiger partial charge in [0.25, 0.3) is 0 Å². The predicted molar refractivity (Wildman–Crippen MR) is 101 cm³/mol. The molecule has 0 bridgehead atoms. The number of rotatable bonds is 8. The minimum absolute atomic E-state index is 0.138. The number of carbonyl (C=O) groups excluding carboxylic acids is 3. The van der Waals surface area contributed by atoms with E-state index in [0.29, 0.717) is 12.1 Å². The maximum absolute atomic E-state index is 12.5. The van der Waals surface area contributed by atoms with Crippen molar-refractivity contribution in [2.75, 3.05) is 19.6 Å². The quantitative estimate of drug-likeness (QED) is 0.566. The summed E-state index contributed by atoms with van der Waals surface area (Å²) in [6.07, 6.45) is 2.21. The maximum Gasteiger partial charge on any atom is 0.340 e. The fraction of sp³-hybridized carbons (Fsp3) is 0.350. The molecule has 2 rings (SSSR count). The van der Waals surface area contributed by atoms with Crippen molar-refractivity contribution in [1.82, 2.24) is 4.68 Å². The van der Waals surface area contributed by atoms with Gasteiger partial charge in [0.05, 0.1) is 31.2 Å².